The average Bonchev–Trinajstić information content (AvgIpc) is 3.70. The van der Waals surface area contributed by atoms with Crippen molar-refractivity contribution in [3.63, 3.8) is 0 Å². The minimum Gasteiger partial charge on any atom is -0.376 e. The van der Waals surface area contributed by atoms with Crippen LogP contribution in [-0.4, -0.2) is 67.7 Å². The van der Waals surface area contributed by atoms with E-state index < -0.39 is 34.4 Å². The van der Waals surface area contributed by atoms with Gasteiger partial charge < -0.3 is 15.0 Å². The van der Waals surface area contributed by atoms with E-state index in [2.05, 4.69) is 5.32 Å². The Bertz CT molecular complexity index is 1500. The van der Waals surface area contributed by atoms with Crippen LogP contribution in [0.15, 0.2) is 70.9 Å². The van der Waals surface area contributed by atoms with Gasteiger partial charge in [0.2, 0.25) is 11.8 Å². The number of ether oxygens (including phenoxy) is 1. The van der Waals surface area contributed by atoms with Gasteiger partial charge in [-0.3, -0.25) is 14.4 Å². The summed E-state index contributed by atoms with van der Waals surface area (Å²) >= 11 is 1.34. The Morgan fingerprint density at radius 1 is 1.12 bits per heavy atom. The lowest BCUT2D eigenvalue weighted by Gasteiger charge is -2.32. The monoisotopic (exact) mass is 581 g/mol. The Kier molecular flexibility index (Phi) is 8.34. The normalized spacial score (nSPS) is 18.4. The second-order valence-electron chi connectivity index (χ2n) is 9.87. The van der Waals surface area contributed by atoms with Crippen LogP contribution >= 0.6 is 11.3 Å². The topological polar surface area (TPSA) is 113 Å². The van der Waals surface area contributed by atoms with E-state index in [4.69, 9.17) is 4.74 Å². The van der Waals surface area contributed by atoms with Gasteiger partial charge in [-0.25, -0.2) is 12.7 Å². The third kappa shape index (κ3) is 5.67. The SMILES string of the molecule is Cc1ccccc1CCN(C(=O)CN1C(=O)c2ccccc2S1(=O)=O)[C@@H](C(=O)NC[C@H]1CCCO1)c1cccs1. The first-order chi connectivity index (χ1) is 19.3. The molecule has 3 amide bonds. The smallest absolute Gasteiger partial charge is 0.269 e. The molecule has 0 spiro atoms. The van der Waals surface area contributed by atoms with Gasteiger partial charge >= 0.3 is 0 Å². The minimum absolute atomic E-state index is 0.0332. The molecule has 1 N–H and O–H groups in total. The summed E-state index contributed by atoms with van der Waals surface area (Å²) in [5.41, 5.74) is 2.08. The van der Waals surface area contributed by atoms with Crippen molar-refractivity contribution >= 4 is 39.1 Å². The van der Waals surface area contributed by atoms with E-state index in [1.165, 1.54) is 34.4 Å². The quantitative estimate of drug-likeness (QED) is 0.393. The number of carbonyl (C=O) groups is 3. The highest BCUT2D eigenvalue weighted by atomic mass is 32.2. The summed E-state index contributed by atoms with van der Waals surface area (Å²) in [6.07, 6.45) is 2.13. The number of aryl methyl sites for hydroxylation is 1. The molecule has 1 aromatic heterocycles. The number of sulfonamides is 1. The first-order valence-electron chi connectivity index (χ1n) is 13.2. The van der Waals surface area contributed by atoms with Crippen LogP contribution in [0.2, 0.25) is 0 Å². The minimum atomic E-state index is -4.20. The largest absolute Gasteiger partial charge is 0.376 e. The molecule has 1 fully saturated rings. The molecule has 2 aliphatic heterocycles. The number of benzene rings is 2. The molecule has 0 radical (unpaired) electrons. The fourth-order valence-corrected chi connectivity index (χ4v) is 7.47. The molecule has 2 aliphatic rings. The van der Waals surface area contributed by atoms with Crippen LogP contribution in [0.25, 0.3) is 0 Å². The van der Waals surface area contributed by atoms with Crippen molar-refractivity contribution in [2.75, 3.05) is 26.2 Å². The molecular weight excluding hydrogens is 550 g/mol. The van der Waals surface area contributed by atoms with E-state index in [9.17, 15) is 22.8 Å². The van der Waals surface area contributed by atoms with Gasteiger partial charge in [0.05, 0.1) is 11.7 Å². The second kappa shape index (κ2) is 11.9. The van der Waals surface area contributed by atoms with Crippen LogP contribution < -0.4 is 5.32 Å². The Labute approximate surface area is 237 Å². The average molecular weight is 582 g/mol. The summed E-state index contributed by atoms with van der Waals surface area (Å²) in [7, 11) is -4.20. The number of amides is 3. The summed E-state index contributed by atoms with van der Waals surface area (Å²) in [5, 5.41) is 4.76. The van der Waals surface area contributed by atoms with Gasteiger partial charge in [-0.2, -0.15) is 0 Å². The maximum Gasteiger partial charge on any atom is 0.269 e. The van der Waals surface area contributed by atoms with Crippen molar-refractivity contribution in [3.05, 3.63) is 87.6 Å². The van der Waals surface area contributed by atoms with Crippen LogP contribution in [0, 0.1) is 6.92 Å². The zero-order chi connectivity index (χ0) is 28.3. The summed E-state index contributed by atoms with van der Waals surface area (Å²) in [5.74, 6) is -1.77. The third-order valence-corrected chi connectivity index (χ3v) is 10.0. The number of nitrogens with one attached hydrogen (secondary N) is 1. The van der Waals surface area contributed by atoms with E-state index in [-0.39, 0.29) is 29.0 Å². The van der Waals surface area contributed by atoms with Gasteiger partial charge in [0.25, 0.3) is 15.9 Å². The summed E-state index contributed by atoms with van der Waals surface area (Å²) < 4.78 is 32.7. The van der Waals surface area contributed by atoms with Gasteiger partial charge in [0.1, 0.15) is 17.5 Å². The van der Waals surface area contributed by atoms with E-state index in [1.54, 1.807) is 18.2 Å². The number of hydrogen-bond acceptors (Lipinski definition) is 7. The molecule has 40 heavy (non-hydrogen) atoms. The first kappa shape index (κ1) is 28.0. The molecule has 9 nitrogen and oxygen atoms in total. The molecule has 0 aliphatic carbocycles. The summed E-state index contributed by atoms with van der Waals surface area (Å²) in [6.45, 7) is 2.38. The summed E-state index contributed by atoms with van der Waals surface area (Å²) in [4.78, 5) is 42.6. The van der Waals surface area contributed by atoms with Crippen LogP contribution in [0.4, 0.5) is 0 Å². The lowest BCUT2D eigenvalue weighted by molar-refractivity contribution is -0.140. The fourth-order valence-electron chi connectivity index (χ4n) is 5.12. The molecule has 2 aromatic carbocycles. The van der Waals surface area contributed by atoms with Gasteiger partial charge in [-0.1, -0.05) is 42.5 Å². The number of fused-ring (bicyclic) bond motifs is 1. The molecule has 2 atom stereocenters. The standard InChI is InChI=1S/C29H31N3O6S2/c1-20-8-2-3-9-21(20)14-15-31(26(33)19-32-29(35)23-11-4-5-13-25(23)40(32,36)37)27(24-12-7-17-39-24)28(34)30-18-22-10-6-16-38-22/h2-5,7-9,11-13,17,22,27H,6,10,14-16,18-19H2,1H3,(H,30,34)/t22-,27-/m1/s1. The Balaban J connectivity index is 1.45. The van der Waals surface area contributed by atoms with Crippen molar-refractivity contribution in [1.29, 1.82) is 0 Å². The van der Waals surface area contributed by atoms with Crippen LogP contribution in [-0.2, 0) is 30.8 Å². The number of hydrogen-bond donors (Lipinski definition) is 1. The molecule has 3 heterocycles. The van der Waals surface area contributed by atoms with E-state index in [1.807, 2.05) is 36.6 Å². The maximum atomic E-state index is 14.0. The molecular formula is C29H31N3O6S2. The predicted molar refractivity (Wildman–Crippen MR) is 150 cm³/mol. The Hall–Kier alpha value is -3.54. The van der Waals surface area contributed by atoms with Crippen LogP contribution in [0.1, 0.15) is 45.2 Å². The van der Waals surface area contributed by atoms with Crippen molar-refractivity contribution in [3.8, 4) is 0 Å². The third-order valence-electron chi connectivity index (χ3n) is 7.30. The van der Waals surface area contributed by atoms with Gasteiger partial charge in [0, 0.05) is 24.6 Å². The Morgan fingerprint density at radius 2 is 1.90 bits per heavy atom. The zero-order valence-electron chi connectivity index (χ0n) is 22.1. The van der Waals surface area contributed by atoms with Crippen molar-refractivity contribution in [2.24, 2.45) is 0 Å². The lowest BCUT2D eigenvalue weighted by Crippen LogP contribution is -2.49. The number of thiophene rings is 1. The molecule has 1 saturated heterocycles. The fraction of sp³-hybridized carbons (Fsp3) is 0.345. The van der Waals surface area contributed by atoms with Crippen molar-refractivity contribution in [1.82, 2.24) is 14.5 Å². The lowest BCUT2D eigenvalue weighted by atomic mass is 10.0. The molecule has 11 heteroatoms. The zero-order valence-corrected chi connectivity index (χ0v) is 23.7. The van der Waals surface area contributed by atoms with Crippen LogP contribution in [0.3, 0.4) is 0 Å². The van der Waals surface area contributed by atoms with Gasteiger partial charge in [0.15, 0.2) is 0 Å². The Morgan fingerprint density at radius 3 is 2.60 bits per heavy atom. The van der Waals surface area contributed by atoms with E-state index in [0.717, 1.165) is 24.0 Å². The molecule has 0 saturated carbocycles. The number of carbonyl (C=O) groups excluding carboxylic acids is 3. The molecule has 0 bridgehead atoms. The first-order valence-corrected chi connectivity index (χ1v) is 15.5. The predicted octanol–water partition coefficient (Wildman–Crippen LogP) is 3.31. The summed E-state index contributed by atoms with van der Waals surface area (Å²) in [6, 6.07) is 16.3. The van der Waals surface area contributed by atoms with Gasteiger partial charge in [-0.15, -0.1) is 11.3 Å². The number of rotatable bonds is 10. The highest BCUT2D eigenvalue weighted by molar-refractivity contribution is 7.90. The van der Waals surface area contributed by atoms with Crippen LogP contribution in [0.5, 0.6) is 0 Å². The molecule has 3 aromatic rings. The molecule has 5 rings (SSSR count). The van der Waals surface area contributed by atoms with E-state index in [0.29, 0.717) is 28.8 Å². The van der Waals surface area contributed by atoms with Crippen molar-refractivity contribution in [2.45, 2.75) is 43.2 Å². The molecule has 210 valence electrons. The van der Waals surface area contributed by atoms with Gasteiger partial charge in [-0.05, 0) is 60.9 Å². The maximum absolute atomic E-state index is 14.0. The number of nitrogens with zero attached hydrogens (tertiary/aromatic N) is 2. The molecule has 0 unspecified atom stereocenters. The van der Waals surface area contributed by atoms with E-state index >= 15 is 0 Å². The second-order valence-corrected chi connectivity index (χ2v) is 12.7. The highest BCUT2D eigenvalue weighted by Gasteiger charge is 2.43. The van der Waals surface area contributed by atoms with Crippen molar-refractivity contribution < 1.29 is 27.5 Å². The highest BCUT2D eigenvalue weighted by Crippen LogP contribution is 2.31.